The molecule has 24 heavy (non-hydrogen) atoms. The highest BCUT2D eigenvalue weighted by molar-refractivity contribution is 7.05. The summed E-state index contributed by atoms with van der Waals surface area (Å²) in [5.74, 6) is 2.13. The number of hydrogen-bond acceptors (Lipinski definition) is 6. The van der Waals surface area contributed by atoms with Gasteiger partial charge >= 0.3 is 6.03 Å². The third-order valence-corrected chi connectivity index (χ3v) is 6.41. The molecule has 0 spiro atoms. The van der Waals surface area contributed by atoms with Crippen molar-refractivity contribution in [2.24, 2.45) is 17.8 Å². The molecule has 1 aromatic rings. The molecule has 2 saturated heterocycles. The number of aromatic nitrogens is 2. The van der Waals surface area contributed by atoms with Crippen molar-refractivity contribution >= 4 is 17.6 Å². The molecule has 1 aromatic heterocycles. The summed E-state index contributed by atoms with van der Waals surface area (Å²) in [6.07, 6.45) is 0. The molecule has 3 heterocycles. The number of piperidine rings is 1. The second kappa shape index (κ2) is 6.57. The fraction of sp³-hybridized carbons (Fsp3) is 0.812. The number of fused-ring (bicyclic) bond motifs is 1. The van der Waals surface area contributed by atoms with Crippen molar-refractivity contribution in [3.05, 3.63) is 10.6 Å². The van der Waals surface area contributed by atoms with Gasteiger partial charge in [-0.2, -0.15) is 0 Å². The molecular weight excluding hydrogens is 326 g/mol. The van der Waals surface area contributed by atoms with E-state index in [0.29, 0.717) is 25.0 Å². The summed E-state index contributed by atoms with van der Waals surface area (Å²) < 4.78 is 9.34. The van der Waals surface area contributed by atoms with Crippen LogP contribution < -0.4 is 0 Å². The predicted octanol–water partition coefficient (Wildman–Crippen LogP) is 0.908. The number of rotatable bonds is 4. The first-order valence-electron chi connectivity index (χ1n) is 8.71. The lowest BCUT2D eigenvalue weighted by Crippen LogP contribution is -2.48. The Morgan fingerprint density at radius 1 is 1.29 bits per heavy atom. The van der Waals surface area contributed by atoms with Gasteiger partial charge in [0.25, 0.3) is 0 Å². The molecule has 1 aliphatic carbocycles. The van der Waals surface area contributed by atoms with Crippen LogP contribution in [0.5, 0.6) is 0 Å². The minimum absolute atomic E-state index is 0.212. The van der Waals surface area contributed by atoms with Crippen molar-refractivity contribution in [2.75, 3.05) is 53.0 Å². The molecule has 7 nitrogen and oxygen atoms in total. The summed E-state index contributed by atoms with van der Waals surface area (Å²) in [5, 5.41) is 4.08. The Morgan fingerprint density at radius 2 is 2.00 bits per heavy atom. The van der Waals surface area contributed by atoms with Crippen molar-refractivity contribution in [3.63, 3.8) is 0 Å². The number of ether oxygens (including phenoxy) is 1. The number of aryl methyl sites for hydroxylation is 1. The van der Waals surface area contributed by atoms with Gasteiger partial charge in [0.15, 0.2) is 0 Å². The third kappa shape index (κ3) is 3.14. The molecule has 8 heteroatoms. The average Bonchev–Trinajstić information content (AvgIpc) is 2.95. The molecule has 2 aliphatic heterocycles. The minimum atomic E-state index is 0.212. The van der Waals surface area contributed by atoms with Gasteiger partial charge in [-0.1, -0.05) is 4.49 Å². The summed E-state index contributed by atoms with van der Waals surface area (Å²) in [5.41, 5.74) is 1.05. The number of carbonyl (C=O) groups excluding carboxylic acids is 1. The Hall–Kier alpha value is -1.25. The molecule has 2 amide bonds. The molecule has 0 N–H and O–H groups in total. The van der Waals surface area contributed by atoms with Crippen molar-refractivity contribution < 1.29 is 9.53 Å². The Kier molecular flexibility index (Phi) is 4.44. The number of nitrogens with zero attached hydrogens (tertiary/aromatic N) is 5. The Balaban J connectivity index is 1.23. The van der Waals surface area contributed by atoms with E-state index < -0.39 is 0 Å². The second-order valence-corrected chi connectivity index (χ2v) is 8.10. The van der Waals surface area contributed by atoms with E-state index in [1.54, 1.807) is 0 Å². The normalized spacial score (nSPS) is 29.2. The van der Waals surface area contributed by atoms with E-state index in [9.17, 15) is 4.79 Å². The lowest BCUT2D eigenvalue weighted by molar-refractivity contribution is 0.0438. The molecule has 3 aliphatic rings. The van der Waals surface area contributed by atoms with Crippen LogP contribution in [0.4, 0.5) is 4.79 Å². The SMILES string of the molecule is Cc1nnsc1CN(C)CC1[C@H]2CN(C(=O)N3CCOCC3)C[C@@H]12. The number of morpholine rings is 1. The molecule has 0 radical (unpaired) electrons. The molecule has 3 fully saturated rings. The first-order valence-corrected chi connectivity index (χ1v) is 9.49. The zero-order valence-corrected chi connectivity index (χ0v) is 15.2. The van der Waals surface area contributed by atoms with E-state index in [2.05, 4.69) is 26.4 Å². The van der Waals surface area contributed by atoms with Crippen LogP contribution in [0.25, 0.3) is 0 Å². The zero-order valence-electron chi connectivity index (χ0n) is 14.3. The molecule has 1 unspecified atom stereocenters. The third-order valence-electron chi connectivity index (χ3n) is 5.60. The number of urea groups is 1. The number of hydrogen-bond donors (Lipinski definition) is 0. The number of likely N-dealkylation sites (tertiary alicyclic amines) is 1. The monoisotopic (exact) mass is 351 g/mol. The van der Waals surface area contributed by atoms with Crippen LogP contribution in [0.15, 0.2) is 0 Å². The van der Waals surface area contributed by atoms with Gasteiger partial charge in [0.05, 0.1) is 23.8 Å². The van der Waals surface area contributed by atoms with Crippen molar-refractivity contribution in [2.45, 2.75) is 13.5 Å². The van der Waals surface area contributed by atoms with Crippen LogP contribution in [0.1, 0.15) is 10.6 Å². The standard InChI is InChI=1S/C16H25N5O2S/c1-11-15(24-18-17-11)10-19(2)7-12-13-8-21(9-14(12)13)16(22)20-3-5-23-6-4-20/h12-14H,3-10H2,1-2H3/t12?,13-,14+. The highest BCUT2D eigenvalue weighted by Gasteiger charge is 2.56. The second-order valence-electron chi connectivity index (χ2n) is 7.26. The van der Waals surface area contributed by atoms with E-state index in [1.165, 1.54) is 16.4 Å². The maximum Gasteiger partial charge on any atom is 0.320 e. The van der Waals surface area contributed by atoms with E-state index in [4.69, 9.17) is 4.74 Å². The predicted molar refractivity (Wildman–Crippen MR) is 90.8 cm³/mol. The van der Waals surface area contributed by atoms with Gasteiger partial charge in [-0.3, -0.25) is 0 Å². The molecular formula is C16H25N5O2S. The Labute approximate surface area is 146 Å². The fourth-order valence-corrected chi connectivity index (χ4v) is 4.81. The van der Waals surface area contributed by atoms with Crippen molar-refractivity contribution in [1.82, 2.24) is 24.3 Å². The maximum atomic E-state index is 12.5. The van der Waals surface area contributed by atoms with Crippen LogP contribution in [-0.2, 0) is 11.3 Å². The Bertz CT molecular complexity index is 591. The highest BCUT2D eigenvalue weighted by atomic mass is 32.1. The van der Waals surface area contributed by atoms with E-state index >= 15 is 0 Å². The van der Waals surface area contributed by atoms with E-state index in [-0.39, 0.29) is 6.03 Å². The Morgan fingerprint density at radius 3 is 2.62 bits per heavy atom. The van der Waals surface area contributed by atoms with Crippen molar-refractivity contribution in [3.8, 4) is 0 Å². The number of amides is 2. The maximum absolute atomic E-state index is 12.5. The van der Waals surface area contributed by atoms with Crippen molar-refractivity contribution in [1.29, 1.82) is 0 Å². The van der Waals surface area contributed by atoms with Crippen LogP contribution in [-0.4, -0.2) is 83.3 Å². The van der Waals surface area contributed by atoms with Crippen LogP contribution in [0, 0.1) is 24.7 Å². The molecule has 132 valence electrons. The lowest BCUT2D eigenvalue weighted by atomic mass is 10.2. The molecule has 0 aromatic carbocycles. The summed E-state index contributed by atoms with van der Waals surface area (Å²) in [6, 6.07) is 0.212. The summed E-state index contributed by atoms with van der Waals surface area (Å²) in [6.45, 7) is 8.73. The van der Waals surface area contributed by atoms with Gasteiger partial charge in [-0.25, -0.2) is 4.79 Å². The van der Waals surface area contributed by atoms with E-state index in [0.717, 1.165) is 50.9 Å². The molecule has 4 rings (SSSR count). The largest absolute Gasteiger partial charge is 0.378 e. The molecule has 1 saturated carbocycles. The summed E-state index contributed by atoms with van der Waals surface area (Å²) >= 11 is 1.50. The average molecular weight is 351 g/mol. The van der Waals surface area contributed by atoms with Gasteiger partial charge in [-0.15, -0.1) is 5.10 Å². The first-order chi connectivity index (χ1) is 11.6. The van der Waals surface area contributed by atoms with Gasteiger partial charge in [0.2, 0.25) is 0 Å². The zero-order chi connectivity index (χ0) is 16.7. The highest BCUT2D eigenvalue weighted by Crippen LogP contribution is 2.52. The smallest absolute Gasteiger partial charge is 0.320 e. The molecule has 0 bridgehead atoms. The fourth-order valence-electron chi connectivity index (χ4n) is 4.10. The quantitative estimate of drug-likeness (QED) is 0.807. The summed E-state index contributed by atoms with van der Waals surface area (Å²) in [4.78, 5) is 20.1. The summed E-state index contributed by atoms with van der Waals surface area (Å²) in [7, 11) is 2.17. The van der Waals surface area contributed by atoms with Crippen LogP contribution >= 0.6 is 11.5 Å². The van der Waals surface area contributed by atoms with Gasteiger partial charge < -0.3 is 19.4 Å². The minimum Gasteiger partial charge on any atom is -0.378 e. The molecule has 3 atom stereocenters. The van der Waals surface area contributed by atoms with E-state index in [1.807, 2.05) is 11.8 Å². The van der Waals surface area contributed by atoms with Gasteiger partial charge in [0.1, 0.15) is 0 Å². The topological polar surface area (TPSA) is 61.8 Å². The van der Waals surface area contributed by atoms with Crippen LogP contribution in [0.2, 0.25) is 0 Å². The lowest BCUT2D eigenvalue weighted by Gasteiger charge is -2.32. The first kappa shape index (κ1) is 16.2. The van der Waals surface area contributed by atoms with Gasteiger partial charge in [0, 0.05) is 39.3 Å². The number of carbonyl (C=O) groups is 1. The van der Waals surface area contributed by atoms with Crippen LogP contribution in [0.3, 0.4) is 0 Å². The van der Waals surface area contributed by atoms with Gasteiger partial charge in [-0.05, 0) is 43.3 Å².